The van der Waals surface area contributed by atoms with Crippen molar-refractivity contribution in [1.82, 2.24) is 10.5 Å². The zero-order chi connectivity index (χ0) is 20.2. The van der Waals surface area contributed by atoms with Gasteiger partial charge in [0.05, 0.1) is 31.6 Å². The number of para-hydroxylation sites is 1. The zero-order valence-electron chi connectivity index (χ0n) is 16.1. The number of benzene rings is 1. The predicted molar refractivity (Wildman–Crippen MR) is 102 cm³/mol. The van der Waals surface area contributed by atoms with Crippen molar-refractivity contribution in [3.63, 3.8) is 0 Å². The van der Waals surface area contributed by atoms with Crippen LogP contribution in [0.3, 0.4) is 0 Å². The summed E-state index contributed by atoms with van der Waals surface area (Å²) in [4.78, 5) is 27.8. The minimum Gasteiger partial charge on any atom is -0.496 e. The molecule has 5 rings (SSSR count). The van der Waals surface area contributed by atoms with Crippen LogP contribution in [0, 0.1) is 18.8 Å². The number of hydrogen-bond donors (Lipinski definition) is 1. The first-order chi connectivity index (χ1) is 14.0. The van der Waals surface area contributed by atoms with Gasteiger partial charge >= 0.3 is 0 Å². The smallest absolute Gasteiger partial charge is 0.235 e. The van der Waals surface area contributed by atoms with Crippen LogP contribution in [0.4, 0.5) is 5.82 Å². The summed E-state index contributed by atoms with van der Waals surface area (Å²) in [7, 11) is 1.59. The van der Waals surface area contributed by atoms with E-state index < -0.39 is 23.5 Å². The van der Waals surface area contributed by atoms with E-state index in [1.807, 2.05) is 36.4 Å². The molecular weight excluding hydrogens is 374 g/mol. The van der Waals surface area contributed by atoms with Gasteiger partial charge in [-0.15, -0.1) is 0 Å². The molecule has 29 heavy (non-hydrogen) atoms. The number of methoxy groups -OCH3 is 1. The molecule has 3 aliphatic heterocycles. The normalized spacial score (nSPS) is 29.4. The number of ether oxygens (including phenoxy) is 2. The second-order valence-corrected chi connectivity index (χ2v) is 7.65. The number of anilines is 1. The van der Waals surface area contributed by atoms with Gasteiger partial charge in [0.2, 0.25) is 11.8 Å². The average Bonchev–Trinajstić information content (AvgIpc) is 3.47. The Morgan fingerprint density at radius 1 is 1.41 bits per heavy atom. The van der Waals surface area contributed by atoms with Crippen molar-refractivity contribution in [2.24, 2.45) is 11.8 Å². The Bertz CT molecular complexity index is 1020. The fourth-order valence-corrected chi connectivity index (χ4v) is 4.62. The molecule has 1 N–H and O–H groups in total. The third kappa shape index (κ3) is 2.66. The van der Waals surface area contributed by atoms with Gasteiger partial charge in [0.15, 0.2) is 5.82 Å². The number of fused-ring (bicyclic) bond motifs is 1. The number of nitrogens with one attached hydrogen (secondary N) is 1. The maximum absolute atomic E-state index is 13.2. The Morgan fingerprint density at radius 2 is 2.24 bits per heavy atom. The summed E-state index contributed by atoms with van der Waals surface area (Å²) in [6.07, 6.45) is 3.40. The molecule has 2 bridgehead atoms. The van der Waals surface area contributed by atoms with Crippen molar-refractivity contribution in [2.45, 2.75) is 25.2 Å². The van der Waals surface area contributed by atoms with E-state index in [1.165, 1.54) is 0 Å². The van der Waals surface area contributed by atoms with Gasteiger partial charge in [0.25, 0.3) is 0 Å². The lowest BCUT2D eigenvalue weighted by Crippen LogP contribution is -2.44. The van der Waals surface area contributed by atoms with Gasteiger partial charge in [-0.3, -0.25) is 14.5 Å². The Labute approximate surface area is 167 Å². The van der Waals surface area contributed by atoms with Gasteiger partial charge < -0.3 is 19.3 Å². The topological polar surface area (TPSA) is 93.9 Å². The summed E-state index contributed by atoms with van der Waals surface area (Å²) in [6, 6.07) is 9.22. The van der Waals surface area contributed by atoms with Crippen LogP contribution >= 0.6 is 0 Å². The fraction of sp³-hybridized carbons (Fsp3) is 0.381. The van der Waals surface area contributed by atoms with Crippen LogP contribution in [0.25, 0.3) is 0 Å². The van der Waals surface area contributed by atoms with E-state index in [-0.39, 0.29) is 11.8 Å². The number of rotatable bonds is 5. The SMILES string of the molecule is COc1ccccc1CNC(=O)[C@H]1[C@H]2C(=O)N(c3cc(C)on3)C[C@@]23C=C[C@H]1O3. The van der Waals surface area contributed by atoms with Gasteiger partial charge in [0.1, 0.15) is 17.1 Å². The molecule has 0 aliphatic carbocycles. The van der Waals surface area contributed by atoms with Crippen molar-refractivity contribution in [1.29, 1.82) is 0 Å². The third-order valence-corrected chi connectivity index (χ3v) is 5.94. The van der Waals surface area contributed by atoms with Crippen molar-refractivity contribution < 1.29 is 23.6 Å². The Kier molecular flexibility index (Phi) is 3.99. The van der Waals surface area contributed by atoms with Gasteiger partial charge in [-0.05, 0) is 13.0 Å². The molecule has 0 unspecified atom stereocenters. The summed E-state index contributed by atoms with van der Waals surface area (Å²) in [6.45, 7) is 2.41. The Morgan fingerprint density at radius 3 is 3.00 bits per heavy atom. The van der Waals surface area contributed by atoms with Gasteiger partial charge in [-0.1, -0.05) is 35.5 Å². The first-order valence-electron chi connectivity index (χ1n) is 9.54. The zero-order valence-corrected chi connectivity index (χ0v) is 16.1. The van der Waals surface area contributed by atoms with Gasteiger partial charge in [-0.25, -0.2) is 0 Å². The van der Waals surface area contributed by atoms with E-state index in [1.54, 1.807) is 25.0 Å². The summed E-state index contributed by atoms with van der Waals surface area (Å²) < 4.78 is 16.6. The maximum Gasteiger partial charge on any atom is 0.235 e. The highest BCUT2D eigenvalue weighted by Crippen LogP contribution is 2.52. The van der Waals surface area contributed by atoms with Crippen molar-refractivity contribution in [2.75, 3.05) is 18.6 Å². The van der Waals surface area contributed by atoms with E-state index in [0.29, 0.717) is 30.4 Å². The van der Waals surface area contributed by atoms with Crippen molar-refractivity contribution in [3.8, 4) is 5.75 Å². The lowest BCUT2D eigenvalue weighted by atomic mass is 9.77. The van der Waals surface area contributed by atoms with Crippen LogP contribution in [-0.2, 0) is 20.9 Å². The molecule has 0 saturated carbocycles. The number of aryl methyl sites for hydroxylation is 1. The van der Waals surface area contributed by atoms with Crippen molar-refractivity contribution in [3.05, 3.63) is 53.8 Å². The Balaban J connectivity index is 1.37. The number of amides is 2. The molecule has 1 spiro atoms. The van der Waals surface area contributed by atoms with Crippen LogP contribution in [0.2, 0.25) is 0 Å². The van der Waals surface area contributed by atoms with Crippen LogP contribution in [-0.4, -0.2) is 42.3 Å². The molecule has 2 amide bonds. The molecule has 150 valence electrons. The van der Waals surface area contributed by atoms with Gasteiger partial charge in [0, 0.05) is 18.2 Å². The minimum absolute atomic E-state index is 0.164. The van der Waals surface area contributed by atoms with E-state index in [0.717, 1.165) is 5.56 Å². The molecule has 2 fully saturated rings. The second-order valence-electron chi connectivity index (χ2n) is 7.65. The first kappa shape index (κ1) is 17.9. The van der Waals surface area contributed by atoms with Gasteiger partial charge in [-0.2, -0.15) is 0 Å². The van der Waals surface area contributed by atoms with Crippen LogP contribution in [0.5, 0.6) is 5.75 Å². The predicted octanol–water partition coefficient (Wildman–Crippen LogP) is 1.59. The number of carbonyl (C=O) groups is 2. The third-order valence-electron chi connectivity index (χ3n) is 5.94. The number of aromatic nitrogens is 1. The molecule has 1 aromatic carbocycles. The molecular formula is C21H21N3O5. The number of carbonyl (C=O) groups excluding carboxylic acids is 2. The van der Waals surface area contributed by atoms with Crippen LogP contribution in [0.1, 0.15) is 11.3 Å². The fourth-order valence-electron chi connectivity index (χ4n) is 4.62. The summed E-state index contributed by atoms with van der Waals surface area (Å²) in [5.74, 6) is 0.246. The number of hydrogen-bond acceptors (Lipinski definition) is 6. The van der Waals surface area contributed by atoms with E-state index >= 15 is 0 Å². The summed E-state index contributed by atoms with van der Waals surface area (Å²) in [5.41, 5.74) is 0.0799. The molecule has 4 atom stereocenters. The maximum atomic E-state index is 13.2. The highest BCUT2D eigenvalue weighted by Gasteiger charge is 2.67. The highest BCUT2D eigenvalue weighted by molar-refractivity contribution is 6.02. The highest BCUT2D eigenvalue weighted by atomic mass is 16.5. The largest absolute Gasteiger partial charge is 0.496 e. The first-order valence-corrected chi connectivity index (χ1v) is 9.54. The molecule has 8 heteroatoms. The quantitative estimate of drug-likeness (QED) is 0.773. The summed E-state index contributed by atoms with van der Waals surface area (Å²) in [5, 5.41) is 6.91. The van der Waals surface area contributed by atoms with E-state index in [4.69, 9.17) is 14.0 Å². The molecule has 3 aliphatic rings. The molecule has 8 nitrogen and oxygen atoms in total. The molecule has 4 heterocycles. The molecule has 1 aromatic heterocycles. The summed E-state index contributed by atoms with van der Waals surface area (Å²) >= 11 is 0. The average molecular weight is 395 g/mol. The van der Waals surface area contributed by atoms with Crippen LogP contribution < -0.4 is 15.0 Å². The second kappa shape index (κ2) is 6.45. The standard InChI is InChI=1S/C21H21N3O5/c1-12-9-16(23-29-12)24-11-21-8-7-15(28-21)17(18(21)20(24)26)19(25)22-10-13-5-3-4-6-14(13)27-2/h3-9,15,17-18H,10-11H2,1-2H3,(H,22,25)/t15-,17-,18+,21+/m1/s1. The van der Waals surface area contributed by atoms with E-state index in [9.17, 15) is 9.59 Å². The lowest BCUT2D eigenvalue weighted by Gasteiger charge is -2.23. The lowest BCUT2D eigenvalue weighted by molar-refractivity contribution is -0.132. The monoisotopic (exact) mass is 395 g/mol. The van der Waals surface area contributed by atoms with Crippen molar-refractivity contribution >= 4 is 17.6 Å². The molecule has 2 aromatic rings. The Hall–Kier alpha value is -3.13. The molecule has 0 radical (unpaired) electrons. The van der Waals surface area contributed by atoms with Crippen LogP contribution in [0.15, 0.2) is 47.0 Å². The minimum atomic E-state index is -0.791. The number of nitrogens with zero attached hydrogens (tertiary/aromatic N) is 2. The molecule has 2 saturated heterocycles. The van der Waals surface area contributed by atoms with E-state index in [2.05, 4.69) is 10.5 Å².